The maximum atomic E-state index is 13.0. The van der Waals surface area contributed by atoms with Gasteiger partial charge in [0.2, 0.25) is 15.9 Å². The fourth-order valence-corrected chi connectivity index (χ4v) is 4.65. The third kappa shape index (κ3) is 3.95. The number of amides is 1. The van der Waals surface area contributed by atoms with Gasteiger partial charge in [0, 0.05) is 35.7 Å². The average Bonchev–Trinajstić information content (AvgIpc) is 3.26. The molecule has 2 heterocycles. The second-order valence-electron chi connectivity index (χ2n) is 7.26. The maximum Gasteiger partial charge on any atom is 0.242 e. The number of aromatic nitrogens is 1. The van der Waals surface area contributed by atoms with E-state index in [0.717, 1.165) is 28.4 Å². The lowest BCUT2D eigenvalue weighted by atomic mass is 10.1. The minimum atomic E-state index is -3.27. The number of sulfonamides is 1. The highest BCUT2D eigenvalue weighted by Crippen LogP contribution is 2.28. The number of para-hydroxylation sites is 1. The standard InChI is InChI=1S/C21H23N3O3S/c1-28(26,27)22-18-11-12-23(14-18)21(25)15-24-19-10-6-5-9-17(19)13-20(24)16-7-3-2-4-8-16/h2-10,13,18,22H,11-12,14-15H2,1H3. The van der Waals surface area contributed by atoms with Crippen molar-refractivity contribution in [3.05, 3.63) is 60.7 Å². The molecule has 1 aromatic heterocycles. The molecule has 1 N–H and O–H groups in total. The van der Waals surface area contributed by atoms with Gasteiger partial charge >= 0.3 is 0 Å². The van der Waals surface area contributed by atoms with Crippen LogP contribution in [0, 0.1) is 0 Å². The summed E-state index contributed by atoms with van der Waals surface area (Å²) in [7, 11) is -3.27. The molecule has 7 heteroatoms. The summed E-state index contributed by atoms with van der Waals surface area (Å²) in [6.07, 6.45) is 1.78. The van der Waals surface area contributed by atoms with Gasteiger partial charge < -0.3 is 9.47 Å². The van der Waals surface area contributed by atoms with Crippen LogP contribution in [0.3, 0.4) is 0 Å². The lowest BCUT2D eigenvalue weighted by Crippen LogP contribution is -2.38. The highest BCUT2D eigenvalue weighted by Gasteiger charge is 2.28. The molecule has 4 rings (SSSR count). The van der Waals surface area contributed by atoms with Crippen molar-refractivity contribution in [3.63, 3.8) is 0 Å². The predicted molar refractivity (Wildman–Crippen MR) is 110 cm³/mol. The van der Waals surface area contributed by atoms with Crippen LogP contribution in [0.15, 0.2) is 60.7 Å². The third-order valence-corrected chi connectivity index (χ3v) is 5.86. The Kier molecular flexibility index (Phi) is 4.95. The molecule has 1 aliphatic heterocycles. The molecule has 1 unspecified atom stereocenters. The van der Waals surface area contributed by atoms with Crippen LogP contribution >= 0.6 is 0 Å². The first-order valence-corrected chi connectivity index (χ1v) is 11.2. The molecule has 0 bridgehead atoms. The van der Waals surface area contributed by atoms with Gasteiger partial charge in [0.25, 0.3) is 0 Å². The number of hydrogen-bond acceptors (Lipinski definition) is 3. The quantitative estimate of drug-likeness (QED) is 0.719. The molecule has 6 nitrogen and oxygen atoms in total. The lowest BCUT2D eigenvalue weighted by molar-refractivity contribution is -0.130. The Hall–Kier alpha value is -2.64. The van der Waals surface area contributed by atoms with Crippen LogP contribution in [0.5, 0.6) is 0 Å². The Morgan fingerprint density at radius 1 is 1.11 bits per heavy atom. The van der Waals surface area contributed by atoms with Gasteiger partial charge in [0.1, 0.15) is 6.54 Å². The number of benzene rings is 2. The van der Waals surface area contributed by atoms with Crippen molar-refractivity contribution in [2.75, 3.05) is 19.3 Å². The molecule has 1 fully saturated rings. The van der Waals surface area contributed by atoms with E-state index in [1.807, 2.05) is 59.2 Å². The zero-order chi connectivity index (χ0) is 19.7. The van der Waals surface area contributed by atoms with E-state index >= 15 is 0 Å². The van der Waals surface area contributed by atoms with Gasteiger partial charge in [-0.15, -0.1) is 0 Å². The molecule has 1 amide bonds. The van der Waals surface area contributed by atoms with Crippen molar-refractivity contribution in [1.82, 2.24) is 14.2 Å². The summed E-state index contributed by atoms with van der Waals surface area (Å²) in [6, 6.07) is 19.9. The number of likely N-dealkylation sites (tertiary alicyclic amines) is 1. The Morgan fingerprint density at radius 3 is 2.57 bits per heavy atom. The minimum Gasteiger partial charge on any atom is -0.339 e. The van der Waals surface area contributed by atoms with Crippen LogP contribution in [0.1, 0.15) is 6.42 Å². The SMILES string of the molecule is CS(=O)(=O)NC1CCN(C(=O)Cn2c(-c3ccccc3)cc3ccccc32)C1. The van der Waals surface area contributed by atoms with Gasteiger partial charge in [-0.25, -0.2) is 13.1 Å². The van der Waals surface area contributed by atoms with Gasteiger partial charge in [-0.2, -0.15) is 0 Å². The van der Waals surface area contributed by atoms with E-state index in [2.05, 4.69) is 10.8 Å². The molecule has 0 spiro atoms. The van der Waals surface area contributed by atoms with Gasteiger partial charge in [0.15, 0.2) is 0 Å². The van der Waals surface area contributed by atoms with E-state index in [0.29, 0.717) is 19.5 Å². The third-order valence-electron chi connectivity index (χ3n) is 5.10. The first-order valence-electron chi connectivity index (χ1n) is 9.29. The number of nitrogens with one attached hydrogen (secondary N) is 1. The first-order chi connectivity index (χ1) is 13.4. The molecule has 1 saturated heterocycles. The maximum absolute atomic E-state index is 13.0. The van der Waals surface area contributed by atoms with E-state index in [1.54, 1.807) is 4.90 Å². The second-order valence-corrected chi connectivity index (χ2v) is 9.04. The largest absolute Gasteiger partial charge is 0.339 e. The fraction of sp³-hybridized carbons (Fsp3) is 0.286. The topological polar surface area (TPSA) is 71.4 Å². The van der Waals surface area contributed by atoms with Crippen molar-refractivity contribution in [3.8, 4) is 11.3 Å². The van der Waals surface area contributed by atoms with Crippen molar-refractivity contribution in [1.29, 1.82) is 0 Å². The Balaban J connectivity index is 1.60. The first kappa shape index (κ1) is 18.7. The smallest absolute Gasteiger partial charge is 0.242 e. The summed E-state index contributed by atoms with van der Waals surface area (Å²) in [5.41, 5.74) is 3.07. The van der Waals surface area contributed by atoms with Gasteiger partial charge in [-0.1, -0.05) is 48.5 Å². The number of carbonyl (C=O) groups is 1. The number of carbonyl (C=O) groups excluding carboxylic acids is 1. The van der Waals surface area contributed by atoms with Gasteiger partial charge in [-0.05, 0) is 24.1 Å². The molecule has 1 aliphatic rings. The van der Waals surface area contributed by atoms with Crippen LogP contribution in [0.2, 0.25) is 0 Å². The molecule has 0 saturated carbocycles. The van der Waals surface area contributed by atoms with Gasteiger partial charge in [0.05, 0.1) is 6.26 Å². The molecule has 2 aromatic carbocycles. The van der Waals surface area contributed by atoms with E-state index in [9.17, 15) is 13.2 Å². The van der Waals surface area contributed by atoms with Crippen molar-refractivity contribution in [2.45, 2.75) is 19.0 Å². The fourth-order valence-electron chi connectivity index (χ4n) is 3.85. The number of nitrogens with zero attached hydrogens (tertiary/aromatic N) is 2. The summed E-state index contributed by atoms with van der Waals surface area (Å²) in [4.78, 5) is 14.7. The van der Waals surface area contributed by atoms with E-state index in [4.69, 9.17) is 0 Å². The highest BCUT2D eigenvalue weighted by atomic mass is 32.2. The van der Waals surface area contributed by atoms with E-state index in [-0.39, 0.29) is 18.5 Å². The average molecular weight is 398 g/mol. The van der Waals surface area contributed by atoms with Crippen LogP contribution in [-0.2, 0) is 21.4 Å². The second kappa shape index (κ2) is 7.41. The summed E-state index contributed by atoms with van der Waals surface area (Å²) < 4.78 is 27.5. The van der Waals surface area contributed by atoms with Crippen LogP contribution < -0.4 is 4.72 Å². The zero-order valence-electron chi connectivity index (χ0n) is 15.7. The van der Waals surface area contributed by atoms with Gasteiger partial charge in [-0.3, -0.25) is 4.79 Å². The lowest BCUT2D eigenvalue weighted by Gasteiger charge is -2.19. The molecule has 1 atom stereocenters. The predicted octanol–water partition coefficient (Wildman–Crippen LogP) is 2.46. The highest BCUT2D eigenvalue weighted by molar-refractivity contribution is 7.88. The normalized spacial score (nSPS) is 17.3. The zero-order valence-corrected chi connectivity index (χ0v) is 16.5. The summed E-state index contributed by atoms with van der Waals surface area (Å²) in [5, 5.41) is 1.09. The molecule has 0 aliphatic carbocycles. The Labute approximate surface area is 164 Å². The monoisotopic (exact) mass is 397 g/mol. The van der Waals surface area contributed by atoms with Crippen LogP contribution in [0.25, 0.3) is 22.2 Å². The number of hydrogen-bond donors (Lipinski definition) is 1. The summed E-state index contributed by atoms with van der Waals surface area (Å²) >= 11 is 0. The Bertz CT molecular complexity index is 1110. The molecule has 146 valence electrons. The minimum absolute atomic E-state index is 0.00339. The molecular weight excluding hydrogens is 374 g/mol. The van der Waals surface area contributed by atoms with E-state index in [1.165, 1.54) is 0 Å². The molecular formula is C21H23N3O3S. The summed E-state index contributed by atoms with van der Waals surface area (Å²) in [5.74, 6) is -0.00339. The van der Waals surface area contributed by atoms with Crippen LogP contribution in [0.4, 0.5) is 0 Å². The molecule has 28 heavy (non-hydrogen) atoms. The number of rotatable bonds is 5. The Morgan fingerprint density at radius 2 is 1.82 bits per heavy atom. The molecule has 3 aromatic rings. The van der Waals surface area contributed by atoms with Crippen molar-refractivity contribution < 1.29 is 13.2 Å². The number of fused-ring (bicyclic) bond motifs is 1. The van der Waals surface area contributed by atoms with Crippen molar-refractivity contribution in [2.24, 2.45) is 0 Å². The summed E-state index contributed by atoms with van der Waals surface area (Å²) in [6.45, 7) is 1.20. The van der Waals surface area contributed by atoms with Crippen LogP contribution in [-0.4, -0.2) is 49.2 Å². The molecule has 0 radical (unpaired) electrons. The van der Waals surface area contributed by atoms with E-state index < -0.39 is 10.0 Å². The van der Waals surface area contributed by atoms with Crippen molar-refractivity contribution >= 4 is 26.8 Å².